The molecule has 0 aromatic heterocycles. The molecule has 172 valence electrons. The third kappa shape index (κ3) is 5.05. The fraction of sp³-hybridized carbons (Fsp3) is 0.458. The SMILES string of the molecule is CC[C@H]1O[C@@H](c2ccc(Cl)c(Cc3ccc(O)c([N+](=O)[O-])c3)c2)[C@H](OC(C)=O)[C@@H](C)[C@@H]1C. The Morgan fingerprint density at radius 2 is 1.94 bits per heavy atom. The Hall–Kier alpha value is -2.64. The molecule has 2 aromatic carbocycles. The van der Waals surface area contributed by atoms with Gasteiger partial charge in [0.25, 0.3) is 0 Å². The lowest BCUT2D eigenvalue weighted by atomic mass is 9.78. The Labute approximate surface area is 192 Å². The van der Waals surface area contributed by atoms with Crippen molar-refractivity contribution in [1.29, 1.82) is 0 Å². The van der Waals surface area contributed by atoms with Crippen LogP contribution in [0.3, 0.4) is 0 Å². The highest BCUT2D eigenvalue weighted by Gasteiger charge is 2.43. The first-order chi connectivity index (χ1) is 15.1. The summed E-state index contributed by atoms with van der Waals surface area (Å²) in [6.07, 6.45) is 0.323. The molecule has 1 heterocycles. The number of carbonyl (C=O) groups is 1. The number of halogens is 1. The lowest BCUT2D eigenvalue weighted by molar-refractivity contribution is -0.385. The summed E-state index contributed by atoms with van der Waals surface area (Å²) >= 11 is 6.44. The number of carbonyl (C=O) groups excluding carboxylic acids is 1. The van der Waals surface area contributed by atoms with Crippen molar-refractivity contribution in [2.75, 3.05) is 0 Å². The van der Waals surface area contributed by atoms with Crippen molar-refractivity contribution < 1.29 is 24.3 Å². The van der Waals surface area contributed by atoms with E-state index in [1.54, 1.807) is 12.1 Å². The van der Waals surface area contributed by atoms with Crippen LogP contribution in [0.5, 0.6) is 5.75 Å². The molecule has 1 N–H and O–H groups in total. The number of phenolic OH excluding ortho intramolecular Hbond substituents is 1. The van der Waals surface area contributed by atoms with Gasteiger partial charge in [0.05, 0.1) is 11.0 Å². The van der Waals surface area contributed by atoms with Crippen LogP contribution in [0.1, 0.15) is 56.9 Å². The number of benzene rings is 2. The van der Waals surface area contributed by atoms with Gasteiger partial charge in [-0.2, -0.15) is 0 Å². The van der Waals surface area contributed by atoms with Gasteiger partial charge in [-0.25, -0.2) is 0 Å². The summed E-state index contributed by atoms with van der Waals surface area (Å²) in [7, 11) is 0. The van der Waals surface area contributed by atoms with E-state index in [2.05, 4.69) is 20.8 Å². The van der Waals surface area contributed by atoms with E-state index in [9.17, 15) is 20.0 Å². The topological polar surface area (TPSA) is 98.9 Å². The molecule has 0 radical (unpaired) electrons. The summed E-state index contributed by atoms with van der Waals surface area (Å²) in [5, 5.41) is 21.4. The molecule has 0 spiro atoms. The molecule has 8 heteroatoms. The van der Waals surface area contributed by atoms with Crippen molar-refractivity contribution in [3.8, 4) is 5.75 Å². The average molecular weight is 462 g/mol. The summed E-state index contributed by atoms with van der Waals surface area (Å²) < 4.78 is 12.1. The molecule has 2 aromatic rings. The molecule has 0 amide bonds. The van der Waals surface area contributed by atoms with E-state index in [1.807, 2.05) is 12.1 Å². The van der Waals surface area contributed by atoms with Gasteiger partial charge in [0.15, 0.2) is 5.75 Å². The molecule has 1 aliphatic rings. The van der Waals surface area contributed by atoms with Crippen LogP contribution < -0.4 is 0 Å². The molecule has 0 aliphatic carbocycles. The third-order valence-electron chi connectivity index (χ3n) is 6.29. The van der Waals surface area contributed by atoms with E-state index in [0.29, 0.717) is 17.0 Å². The predicted octanol–water partition coefficient (Wildman–Crippen LogP) is 5.60. The monoisotopic (exact) mass is 461 g/mol. The number of esters is 1. The second-order valence-electron chi connectivity index (χ2n) is 8.40. The van der Waals surface area contributed by atoms with Gasteiger partial charge in [-0.15, -0.1) is 0 Å². The van der Waals surface area contributed by atoms with Gasteiger partial charge in [0.2, 0.25) is 0 Å². The number of phenols is 1. The largest absolute Gasteiger partial charge is 0.502 e. The summed E-state index contributed by atoms with van der Waals surface area (Å²) in [6.45, 7) is 7.65. The maximum Gasteiger partial charge on any atom is 0.310 e. The standard InChI is InChI=1S/C24H28ClNO6/c1-5-22-13(2)14(3)23(31-15(4)27)24(32-22)17-7-8-19(25)18(12-17)10-16-6-9-21(28)20(11-16)26(29)30/h6-9,11-14,22-24,28H,5,10H2,1-4H3/t13-,14-,22+,23+,24-/m0/s1. The number of nitrogens with zero attached hydrogens (tertiary/aromatic N) is 1. The van der Waals surface area contributed by atoms with Crippen molar-refractivity contribution >= 4 is 23.3 Å². The van der Waals surface area contributed by atoms with Gasteiger partial charge in [0, 0.05) is 23.9 Å². The van der Waals surface area contributed by atoms with E-state index in [-0.39, 0.29) is 35.3 Å². The first-order valence-corrected chi connectivity index (χ1v) is 11.1. The van der Waals surface area contributed by atoms with Crippen molar-refractivity contribution in [2.45, 2.75) is 58.8 Å². The number of hydrogen-bond donors (Lipinski definition) is 1. The minimum absolute atomic E-state index is 0.0284. The van der Waals surface area contributed by atoms with Crippen molar-refractivity contribution in [3.63, 3.8) is 0 Å². The third-order valence-corrected chi connectivity index (χ3v) is 6.66. The fourth-order valence-corrected chi connectivity index (χ4v) is 4.54. The minimum Gasteiger partial charge on any atom is -0.502 e. The van der Waals surface area contributed by atoms with Crippen LogP contribution in [0.25, 0.3) is 0 Å². The Bertz CT molecular complexity index is 1010. The summed E-state index contributed by atoms with van der Waals surface area (Å²) in [4.78, 5) is 22.3. The van der Waals surface area contributed by atoms with Crippen LogP contribution in [-0.4, -0.2) is 28.2 Å². The minimum atomic E-state index is -0.621. The van der Waals surface area contributed by atoms with Gasteiger partial charge in [0.1, 0.15) is 12.2 Å². The summed E-state index contributed by atoms with van der Waals surface area (Å²) in [6, 6.07) is 9.80. The van der Waals surface area contributed by atoms with Gasteiger partial charge in [-0.3, -0.25) is 14.9 Å². The lowest BCUT2D eigenvalue weighted by Gasteiger charge is -2.44. The molecule has 0 bridgehead atoms. The highest BCUT2D eigenvalue weighted by molar-refractivity contribution is 6.31. The number of hydrogen-bond acceptors (Lipinski definition) is 6. The predicted molar refractivity (Wildman–Crippen MR) is 121 cm³/mol. The van der Waals surface area contributed by atoms with E-state index >= 15 is 0 Å². The number of nitro groups is 1. The molecular weight excluding hydrogens is 434 g/mol. The van der Waals surface area contributed by atoms with Crippen molar-refractivity contribution in [2.24, 2.45) is 11.8 Å². The van der Waals surface area contributed by atoms with Gasteiger partial charge < -0.3 is 14.6 Å². The number of rotatable bonds is 6. The Morgan fingerprint density at radius 3 is 2.56 bits per heavy atom. The molecule has 1 fully saturated rings. The van der Waals surface area contributed by atoms with E-state index < -0.39 is 17.1 Å². The zero-order valence-corrected chi connectivity index (χ0v) is 19.3. The van der Waals surface area contributed by atoms with Gasteiger partial charge >= 0.3 is 11.7 Å². The van der Waals surface area contributed by atoms with E-state index in [1.165, 1.54) is 19.1 Å². The zero-order valence-electron chi connectivity index (χ0n) is 18.6. The molecular formula is C24H28ClNO6. The number of ether oxygens (including phenoxy) is 2. The molecule has 0 unspecified atom stereocenters. The number of aromatic hydroxyl groups is 1. The maximum atomic E-state index is 11.8. The number of nitro benzene ring substituents is 1. The Kier molecular flexibility index (Phi) is 7.41. The van der Waals surface area contributed by atoms with Crippen LogP contribution in [0.4, 0.5) is 5.69 Å². The Balaban J connectivity index is 1.96. The zero-order chi connectivity index (χ0) is 23.6. The average Bonchev–Trinajstić information content (AvgIpc) is 2.74. The molecule has 5 atom stereocenters. The smallest absolute Gasteiger partial charge is 0.310 e. The highest BCUT2D eigenvalue weighted by Crippen LogP contribution is 2.42. The second-order valence-corrected chi connectivity index (χ2v) is 8.81. The van der Waals surface area contributed by atoms with Crippen LogP contribution in [-0.2, 0) is 20.7 Å². The van der Waals surface area contributed by atoms with Gasteiger partial charge in [-0.1, -0.05) is 50.6 Å². The molecule has 3 rings (SSSR count). The van der Waals surface area contributed by atoms with Crippen LogP contribution in [0, 0.1) is 22.0 Å². The van der Waals surface area contributed by atoms with Crippen molar-refractivity contribution in [1.82, 2.24) is 0 Å². The maximum absolute atomic E-state index is 11.8. The van der Waals surface area contributed by atoms with Crippen LogP contribution in [0.15, 0.2) is 36.4 Å². The molecule has 1 saturated heterocycles. The van der Waals surface area contributed by atoms with Crippen LogP contribution in [0.2, 0.25) is 5.02 Å². The quantitative estimate of drug-likeness (QED) is 0.341. The Morgan fingerprint density at radius 1 is 1.22 bits per heavy atom. The first kappa shape index (κ1) is 24.0. The second kappa shape index (κ2) is 9.88. The molecule has 1 aliphatic heterocycles. The molecule has 32 heavy (non-hydrogen) atoms. The summed E-state index contributed by atoms with van der Waals surface area (Å²) in [5.41, 5.74) is 1.88. The summed E-state index contributed by atoms with van der Waals surface area (Å²) in [5.74, 6) is -0.415. The van der Waals surface area contributed by atoms with E-state index in [4.69, 9.17) is 21.1 Å². The fourth-order valence-electron chi connectivity index (χ4n) is 4.35. The molecule has 7 nitrogen and oxygen atoms in total. The van der Waals surface area contributed by atoms with Crippen molar-refractivity contribution in [3.05, 3.63) is 68.2 Å². The van der Waals surface area contributed by atoms with Gasteiger partial charge in [-0.05, 0) is 47.6 Å². The lowest BCUT2D eigenvalue weighted by Crippen LogP contribution is -2.46. The van der Waals surface area contributed by atoms with Crippen LogP contribution >= 0.6 is 11.6 Å². The molecule has 0 saturated carbocycles. The first-order valence-electron chi connectivity index (χ1n) is 10.7. The normalized spacial score (nSPS) is 25.3. The van der Waals surface area contributed by atoms with E-state index in [0.717, 1.165) is 17.5 Å². The highest BCUT2D eigenvalue weighted by atomic mass is 35.5.